The summed E-state index contributed by atoms with van der Waals surface area (Å²) in [4.78, 5) is 5.13. The lowest BCUT2D eigenvalue weighted by atomic mass is 10.3. The molecule has 1 aromatic rings. The van der Waals surface area contributed by atoms with E-state index in [-0.39, 0.29) is 5.25 Å². The number of pyridine rings is 1. The molecular weight excluding hydrogens is 182 g/mol. The van der Waals surface area contributed by atoms with Crippen molar-refractivity contribution in [3.05, 3.63) is 24.0 Å². The highest BCUT2D eigenvalue weighted by Crippen LogP contribution is 2.24. The Hall–Kier alpha value is -1.05. The van der Waals surface area contributed by atoms with E-state index in [1.54, 1.807) is 6.20 Å². The van der Waals surface area contributed by atoms with Gasteiger partial charge in [-0.3, -0.25) is 4.98 Å². The van der Waals surface area contributed by atoms with Crippen LogP contribution in [0, 0.1) is 11.3 Å². The first-order chi connectivity index (χ1) is 6.27. The van der Waals surface area contributed by atoms with Gasteiger partial charge in [-0.25, -0.2) is 0 Å². The van der Waals surface area contributed by atoms with Crippen molar-refractivity contribution in [1.29, 1.82) is 5.26 Å². The quantitative estimate of drug-likeness (QED) is 0.740. The number of nitriles is 1. The first-order valence-electron chi connectivity index (χ1n) is 3.98. The highest BCUT2D eigenvalue weighted by atomic mass is 32.2. The van der Waals surface area contributed by atoms with Crippen molar-refractivity contribution in [2.45, 2.75) is 23.6 Å². The smallest absolute Gasteiger partial charge is 0.0936 e. The molecule has 0 radical (unpaired) electrons. The Morgan fingerprint density at radius 1 is 1.77 bits per heavy atom. The molecule has 68 valence electrons. The molecule has 0 bridgehead atoms. The molecule has 0 aliphatic carbocycles. The first-order valence-corrected chi connectivity index (χ1v) is 4.86. The van der Waals surface area contributed by atoms with E-state index in [2.05, 4.69) is 11.1 Å². The van der Waals surface area contributed by atoms with Crippen molar-refractivity contribution >= 4 is 11.8 Å². The summed E-state index contributed by atoms with van der Waals surface area (Å²) >= 11 is 1.49. The Labute approximate surface area is 82.0 Å². The van der Waals surface area contributed by atoms with Gasteiger partial charge in [-0.05, 0) is 19.1 Å². The number of nitrogens with zero attached hydrogens (tertiary/aromatic N) is 2. The number of aromatic nitrogens is 1. The third kappa shape index (κ3) is 2.72. The molecule has 0 amide bonds. The summed E-state index contributed by atoms with van der Waals surface area (Å²) in [7, 11) is 0. The van der Waals surface area contributed by atoms with Gasteiger partial charge in [0.2, 0.25) is 0 Å². The number of nitrogens with two attached hydrogens (primary N) is 1. The van der Waals surface area contributed by atoms with Gasteiger partial charge in [-0.2, -0.15) is 5.26 Å². The molecule has 1 aromatic heterocycles. The van der Waals surface area contributed by atoms with E-state index in [9.17, 15) is 0 Å². The largest absolute Gasteiger partial charge is 0.325 e. The molecule has 3 nitrogen and oxygen atoms in total. The molecule has 13 heavy (non-hydrogen) atoms. The second kappa shape index (κ2) is 4.85. The fraction of sp³-hybridized carbons (Fsp3) is 0.333. The minimum atomic E-state index is -0.0606. The minimum Gasteiger partial charge on any atom is -0.325 e. The molecule has 1 rings (SSSR count). The molecule has 0 aliphatic rings. The van der Waals surface area contributed by atoms with Gasteiger partial charge in [-0.1, -0.05) is 0 Å². The second-order valence-electron chi connectivity index (χ2n) is 2.54. The van der Waals surface area contributed by atoms with Crippen molar-refractivity contribution in [3.63, 3.8) is 0 Å². The standard InChI is InChI=1S/C9H11N3S/c1-7(5-10)13-9-3-2-4-12-8(9)6-11/h2-4,7H,6,11H2,1H3. The summed E-state index contributed by atoms with van der Waals surface area (Å²) in [5, 5.41) is 8.58. The van der Waals surface area contributed by atoms with E-state index >= 15 is 0 Å². The predicted octanol–water partition coefficient (Wildman–Crippen LogP) is 1.54. The molecule has 2 N–H and O–H groups in total. The fourth-order valence-corrected chi connectivity index (χ4v) is 1.76. The van der Waals surface area contributed by atoms with E-state index < -0.39 is 0 Å². The first kappa shape index (κ1) is 10.0. The molecule has 0 fully saturated rings. The van der Waals surface area contributed by atoms with Gasteiger partial charge in [0, 0.05) is 17.6 Å². The van der Waals surface area contributed by atoms with Gasteiger partial charge in [0.25, 0.3) is 0 Å². The van der Waals surface area contributed by atoms with Gasteiger partial charge >= 0.3 is 0 Å². The molecular formula is C9H11N3S. The van der Waals surface area contributed by atoms with Gasteiger partial charge in [0.15, 0.2) is 0 Å². The number of hydrogen-bond donors (Lipinski definition) is 1. The van der Waals surface area contributed by atoms with E-state index in [0.717, 1.165) is 10.6 Å². The summed E-state index contributed by atoms with van der Waals surface area (Å²) in [6.45, 7) is 2.28. The van der Waals surface area contributed by atoms with Gasteiger partial charge in [-0.15, -0.1) is 11.8 Å². The van der Waals surface area contributed by atoms with E-state index in [1.807, 2.05) is 19.1 Å². The number of hydrogen-bond acceptors (Lipinski definition) is 4. The van der Waals surface area contributed by atoms with Gasteiger partial charge < -0.3 is 5.73 Å². The lowest BCUT2D eigenvalue weighted by Crippen LogP contribution is -2.02. The maximum Gasteiger partial charge on any atom is 0.0936 e. The highest BCUT2D eigenvalue weighted by molar-refractivity contribution is 8.00. The minimum absolute atomic E-state index is 0.0606. The normalized spacial score (nSPS) is 12.1. The summed E-state index contributed by atoms with van der Waals surface area (Å²) in [6, 6.07) is 5.95. The van der Waals surface area contributed by atoms with Crippen molar-refractivity contribution in [2.75, 3.05) is 0 Å². The van der Waals surface area contributed by atoms with Crippen molar-refractivity contribution in [3.8, 4) is 6.07 Å². The third-order valence-electron chi connectivity index (χ3n) is 1.53. The zero-order valence-electron chi connectivity index (χ0n) is 7.40. The number of rotatable bonds is 3. The molecule has 4 heteroatoms. The average Bonchev–Trinajstić information content (AvgIpc) is 2.18. The summed E-state index contributed by atoms with van der Waals surface area (Å²) in [6.07, 6.45) is 1.71. The van der Waals surface area contributed by atoms with Crippen LogP contribution in [0.3, 0.4) is 0 Å². The van der Waals surface area contributed by atoms with Crippen molar-refractivity contribution < 1.29 is 0 Å². The Kier molecular flexibility index (Phi) is 3.74. The maximum atomic E-state index is 8.64. The lowest BCUT2D eigenvalue weighted by Gasteiger charge is -2.06. The molecule has 0 saturated heterocycles. The average molecular weight is 193 g/mol. The van der Waals surface area contributed by atoms with E-state index in [4.69, 9.17) is 11.0 Å². The second-order valence-corrected chi connectivity index (χ2v) is 3.92. The molecule has 0 saturated carbocycles. The Morgan fingerprint density at radius 3 is 3.15 bits per heavy atom. The van der Waals surface area contributed by atoms with Crippen LogP contribution >= 0.6 is 11.8 Å². The van der Waals surface area contributed by atoms with E-state index in [0.29, 0.717) is 6.54 Å². The van der Waals surface area contributed by atoms with Crippen LogP contribution in [0.1, 0.15) is 12.6 Å². The molecule has 1 heterocycles. The lowest BCUT2D eigenvalue weighted by molar-refractivity contribution is 0.942. The predicted molar refractivity (Wildman–Crippen MR) is 53.1 cm³/mol. The van der Waals surface area contributed by atoms with Crippen LogP contribution < -0.4 is 5.73 Å². The van der Waals surface area contributed by atoms with Crippen molar-refractivity contribution in [2.24, 2.45) is 5.73 Å². The Balaban J connectivity index is 2.82. The van der Waals surface area contributed by atoms with Crippen LogP contribution in [0.5, 0.6) is 0 Å². The van der Waals surface area contributed by atoms with E-state index in [1.165, 1.54) is 11.8 Å². The van der Waals surface area contributed by atoms with Crippen LogP contribution in [0.25, 0.3) is 0 Å². The zero-order valence-corrected chi connectivity index (χ0v) is 8.21. The Morgan fingerprint density at radius 2 is 2.54 bits per heavy atom. The monoisotopic (exact) mass is 193 g/mol. The van der Waals surface area contributed by atoms with Crippen LogP contribution in [-0.2, 0) is 6.54 Å². The topological polar surface area (TPSA) is 62.7 Å². The van der Waals surface area contributed by atoms with Crippen LogP contribution in [0.2, 0.25) is 0 Å². The molecule has 0 aliphatic heterocycles. The molecule has 1 unspecified atom stereocenters. The summed E-state index contributed by atoms with van der Waals surface area (Å²) in [5.41, 5.74) is 6.37. The van der Waals surface area contributed by atoms with Crippen LogP contribution in [-0.4, -0.2) is 10.2 Å². The third-order valence-corrected chi connectivity index (χ3v) is 2.61. The summed E-state index contributed by atoms with van der Waals surface area (Å²) < 4.78 is 0. The highest BCUT2D eigenvalue weighted by Gasteiger charge is 2.06. The molecule has 1 atom stereocenters. The van der Waals surface area contributed by atoms with Crippen LogP contribution in [0.15, 0.2) is 23.2 Å². The molecule has 0 spiro atoms. The molecule has 0 aromatic carbocycles. The van der Waals surface area contributed by atoms with Gasteiger partial charge in [0.05, 0.1) is 17.0 Å². The zero-order chi connectivity index (χ0) is 9.68. The SMILES string of the molecule is CC(C#N)Sc1cccnc1CN. The summed E-state index contributed by atoms with van der Waals surface area (Å²) in [5.74, 6) is 0. The maximum absolute atomic E-state index is 8.64. The van der Waals surface area contributed by atoms with Crippen LogP contribution in [0.4, 0.5) is 0 Å². The van der Waals surface area contributed by atoms with Crippen molar-refractivity contribution in [1.82, 2.24) is 4.98 Å². The van der Waals surface area contributed by atoms with Gasteiger partial charge in [0.1, 0.15) is 0 Å². The number of thioether (sulfide) groups is 1. The fourth-order valence-electron chi connectivity index (χ4n) is 0.901. The Bertz CT molecular complexity index is 319.